The van der Waals surface area contributed by atoms with Gasteiger partial charge in [-0.25, -0.2) is 9.37 Å². The smallest absolute Gasteiger partial charge is 0.282 e. The number of anilines is 1. The predicted molar refractivity (Wildman–Crippen MR) is 163 cm³/mol. The molecule has 0 N–H and O–H groups in total. The number of aromatic nitrogens is 2. The molecule has 0 saturated heterocycles. The van der Waals surface area contributed by atoms with E-state index in [1.165, 1.54) is 16.8 Å². The van der Waals surface area contributed by atoms with E-state index in [0.717, 1.165) is 21.1 Å². The van der Waals surface area contributed by atoms with Gasteiger partial charge < -0.3 is 14.1 Å². The van der Waals surface area contributed by atoms with Crippen molar-refractivity contribution in [3.8, 4) is 17.3 Å². The lowest BCUT2D eigenvalue weighted by Gasteiger charge is -2.16. The van der Waals surface area contributed by atoms with Gasteiger partial charge in [-0.1, -0.05) is 40.2 Å². The number of halogens is 2. The Morgan fingerprint density at radius 2 is 1.83 bits per heavy atom. The van der Waals surface area contributed by atoms with Gasteiger partial charge in [-0.05, 0) is 66.2 Å². The van der Waals surface area contributed by atoms with E-state index in [9.17, 15) is 9.18 Å². The van der Waals surface area contributed by atoms with Gasteiger partial charge in [0.15, 0.2) is 5.76 Å². The maximum absolute atomic E-state index is 13.7. The fourth-order valence-electron chi connectivity index (χ4n) is 4.41. The first-order valence-electron chi connectivity index (χ1n) is 12.8. The van der Waals surface area contributed by atoms with Crippen LogP contribution in [0.4, 0.5) is 10.1 Å². The minimum atomic E-state index is -0.331. The SMILES string of the molecule is CN(C)c1ccc(C=Nn2c(-c3cc4cc(Br)ccc4o3)nc3ccccc3c2=O)c(OCc2ccc(F)cc2)c1. The number of benzene rings is 4. The van der Waals surface area contributed by atoms with E-state index in [4.69, 9.17) is 14.1 Å². The number of hydrogen-bond acceptors (Lipinski definition) is 6. The van der Waals surface area contributed by atoms with E-state index in [0.29, 0.717) is 33.6 Å². The minimum absolute atomic E-state index is 0.231. The molecule has 6 aromatic rings. The third-order valence-electron chi connectivity index (χ3n) is 6.59. The van der Waals surface area contributed by atoms with E-state index < -0.39 is 0 Å². The molecule has 0 aliphatic heterocycles. The molecule has 2 aromatic heterocycles. The molecule has 0 radical (unpaired) electrons. The number of ether oxygens (including phenoxy) is 1. The maximum atomic E-state index is 13.7. The van der Waals surface area contributed by atoms with Gasteiger partial charge in [0, 0.05) is 41.3 Å². The zero-order chi connectivity index (χ0) is 28.5. The van der Waals surface area contributed by atoms with Gasteiger partial charge in [-0.3, -0.25) is 4.79 Å². The highest BCUT2D eigenvalue weighted by atomic mass is 79.9. The van der Waals surface area contributed by atoms with Crippen molar-refractivity contribution >= 4 is 49.7 Å². The zero-order valence-electron chi connectivity index (χ0n) is 22.2. The minimum Gasteiger partial charge on any atom is -0.488 e. The van der Waals surface area contributed by atoms with Gasteiger partial charge in [-0.2, -0.15) is 9.78 Å². The van der Waals surface area contributed by atoms with Crippen LogP contribution in [0.3, 0.4) is 0 Å². The second-order valence-electron chi connectivity index (χ2n) is 9.64. The van der Waals surface area contributed by atoms with Crippen molar-refractivity contribution in [3.05, 3.63) is 123 Å². The summed E-state index contributed by atoms with van der Waals surface area (Å²) in [6.45, 7) is 0.231. The molecular formula is C32H24BrFN4O3. The molecule has 41 heavy (non-hydrogen) atoms. The van der Waals surface area contributed by atoms with Crippen LogP contribution >= 0.6 is 15.9 Å². The summed E-state index contributed by atoms with van der Waals surface area (Å²) < 4.78 is 27.8. The number of nitrogens with zero attached hydrogens (tertiary/aromatic N) is 4. The number of hydrogen-bond donors (Lipinski definition) is 0. The average molecular weight is 611 g/mol. The third kappa shape index (κ3) is 5.49. The van der Waals surface area contributed by atoms with Crippen LogP contribution in [0.2, 0.25) is 0 Å². The van der Waals surface area contributed by atoms with Crippen molar-refractivity contribution in [2.75, 3.05) is 19.0 Å². The first kappa shape index (κ1) is 26.5. The molecule has 0 fully saturated rings. The summed E-state index contributed by atoms with van der Waals surface area (Å²) in [5.74, 6) is 0.935. The van der Waals surface area contributed by atoms with E-state index in [2.05, 4.69) is 21.0 Å². The summed E-state index contributed by atoms with van der Waals surface area (Å²) >= 11 is 3.49. The Morgan fingerprint density at radius 1 is 1.02 bits per heavy atom. The number of rotatable bonds is 7. The van der Waals surface area contributed by atoms with Gasteiger partial charge in [0.25, 0.3) is 5.56 Å². The second kappa shape index (κ2) is 11.0. The van der Waals surface area contributed by atoms with Crippen molar-refractivity contribution in [2.24, 2.45) is 5.10 Å². The summed E-state index contributed by atoms with van der Waals surface area (Å²) in [6.07, 6.45) is 1.57. The lowest BCUT2D eigenvalue weighted by molar-refractivity contribution is 0.305. The van der Waals surface area contributed by atoms with Crippen molar-refractivity contribution in [1.82, 2.24) is 9.66 Å². The Labute approximate surface area is 243 Å². The maximum Gasteiger partial charge on any atom is 0.282 e. The van der Waals surface area contributed by atoms with Crippen LogP contribution in [0, 0.1) is 5.82 Å². The molecule has 204 valence electrons. The van der Waals surface area contributed by atoms with Crippen molar-refractivity contribution in [2.45, 2.75) is 6.61 Å². The van der Waals surface area contributed by atoms with E-state index in [1.807, 2.05) is 67.5 Å². The molecule has 4 aromatic carbocycles. The molecule has 0 unspecified atom stereocenters. The van der Waals surface area contributed by atoms with E-state index in [1.54, 1.807) is 36.5 Å². The predicted octanol–water partition coefficient (Wildman–Crippen LogP) is 7.24. The Morgan fingerprint density at radius 3 is 2.63 bits per heavy atom. The third-order valence-corrected chi connectivity index (χ3v) is 7.08. The van der Waals surface area contributed by atoms with Crippen LogP contribution < -0.4 is 15.2 Å². The molecule has 0 spiro atoms. The molecule has 0 saturated carbocycles. The largest absolute Gasteiger partial charge is 0.488 e. The Kier molecular flexibility index (Phi) is 7.11. The summed E-state index contributed by atoms with van der Waals surface area (Å²) in [5, 5.41) is 5.89. The Bertz CT molecular complexity index is 1980. The van der Waals surface area contributed by atoms with Gasteiger partial charge in [0.1, 0.15) is 23.8 Å². The highest BCUT2D eigenvalue weighted by Crippen LogP contribution is 2.30. The van der Waals surface area contributed by atoms with Gasteiger partial charge in [-0.15, -0.1) is 0 Å². The van der Waals surface area contributed by atoms with Crippen molar-refractivity contribution < 1.29 is 13.5 Å². The van der Waals surface area contributed by atoms with Crippen LogP contribution in [0.25, 0.3) is 33.5 Å². The average Bonchev–Trinajstić information content (AvgIpc) is 3.39. The van der Waals surface area contributed by atoms with Crippen LogP contribution in [-0.4, -0.2) is 30.0 Å². The summed E-state index contributed by atoms with van der Waals surface area (Å²) in [5.41, 5.74) is 3.27. The van der Waals surface area contributed by atoms with Crippen LogP contribution in [0.5, 0.6) is 5.75 Å². The Hall–Kier alpha value is -4.76. The fourth-order valence-corrected chi connectivity index (χ4v) is 4.79. The molecular weight excluding hydrogens is 587 g/mol. The van der Waals surface area contributed by atoms with Crippen LogP contribution in [0.15, 0.2) is 110 Å². The molecule has 0 aliphatic rings. The first-order chi connectivity index (χ1) is 19.9. The molecule has 0 aliphatic carbocycles. The van der Waals surface area contributed by atoms with Crippen molar-refractivity contribution in [1.29, 1.82) is 0 Å². The molecule has 6 rings (SSSR count). The molecule has 0 amide bonds. The van der Waals surface area contributed by atoms with Gasteiger partial charge >= 0.3 is 0 Å². The van der Waals surface area contributed by atoms with Crippen molar-refractivity contribution in [3.63, 3.8) is 0 Å². The lowest BCUT2D eigenvalue weighted by atomic mass is 10.2. The molecule has 0 atom stereocenters. The van der Waals surface area contributed by atoms with E-state index in [-0.39, 0.29) is 23.8 Å². The number of para-hydroxylation sites is 1. The normalized spacial score (nSPS) is 11.5. The number of furan rings is 1. The molecule has 9 heteroatoms. The molecule has 2 heterocycles. The summed E-state index contributed by atoms with van der Waals surface area (Å²) in [6, 6.07) is 26.5. The highest BCUT2D eigenvalue weighted by molar-refractivity contribution is 9.10. The summed E-state index contributed by atoms with van der Waals surface area (Å²) in [7, 11) is 3.87. The standard InChI is InChI=1S/C32H24BrFN4O3/c1-37(2)25-13-9-21(29(17-25)40-19-20-7-11-24(34)12-8-20)18-35-38-31(36-27-6-4-3-5-26(27)32(38)39)30-16-22-15-23(33)10-14-28(22)41-30/h3-18H,19H2,1-2H3. The number of fused-ring (bicyclic) bond motifs is 2. The first-order valence-corrected chi connectivity index (χ1v) is 13.6. The zero-order valence-corrected chi connectivity index (χ0v) is 23.8. The van der Waals surface area contributed by atoms with Gasteiger partial charge in [0.2, 0.25) is 5.82 Å². The fraction of sp³-hybridized carbons (Fsp3) is 0.0938. The topological polar surface area (TPSA) is 72.9 Å². The monoisotopic (exact) mass is 610 g/mol. The molecule has 7 nitrogen and oxygen atoms in total. The van der Waals surface area contributed by atoms with Crippen LogP contribution in [-0.2, 0) is 6.61 Å². The van der Waals surface area contributed by atoms with E-state index >= 15 is 0 Å². The quantitative estimate of drug-likeness (QED) is 0.178. The highest BCUT2D eigenvalue weighted by Gasteiger charge is 2.17. The Balaban J connectivity index is 1.44. The van der Waals surface area contributed by atoms with Crippen LogP contribution in [0.1, 0.15) is 11.1 Å². The second-order valence-corrected chi connectivity index (χ2v) is 10.6. The molecule has 0 bridgehead atoms. The lowest BCUT2D eigenvalue weighted by Crippen LogP contribution is -2.20. The summed E-state index contributed by atoms with van der Waals surface area (Å²) in [4.78, 5) is 20.4. The van der Waals surface area contributed by atoms with Gasteiger partial charge in [0.05, 0.1) is 17.1 Å².